The molecule has 6 aromatic carbocycles. The van der Waals surface area contributed by atoms with Crippen LogP contribution in [0.1, 0.15) is 44.5 Å². The van der Waals surface area contributed by atoms with Crippen molar-refractivity contribution in [1.82, 2.24) is 0 Å². The summed E-state index contributed by atoms with van der Waals surface area (Å²) in [7, 11) is 0. The minimum absolute atomic E-state index is 0.502. The Bertz CT molecular complexity index is 1870. The van der Waals surface area contributed by atoms with Gasteiger partial charge in [0.05, 0.1) is 5.41 Å². The Labute approximate surface area is 229 Å². The van der Waals surface area contributed by atoms with E-state index in [1.807, 2.05) is 0 Å². The summed E-state index contributed by atoms with van der Waals surface area (Å²) in [5, 5.41) is 5.08. The predicted molar refractivity (Wildman–Crippen MR) is 167 cm³/mol. The Balaban J connectivity index is 1.70. The molecule has 190 valence electrons. The van der Waals surface area contributed by atoms with Crippen molar-refractivity contribution >= 4 is 32.9 Å². The number of aryl methyl sites for hydroxylation is 4. The molecule has 2 nitrogen and oxygen atoms in total. The lowest BCUT2D eigenvalue weighted by Gasteiger charge is -2.35. The number of hydrogen-bond acceptors (Lipinski definition) is 2. The summed E-state index contributed by atoms with van der Waals surface area (Å²) in [6.07, 6.45) is 0. The summed E-state index contributed by atoms with van der Waals surface area (Å²) in [4.78, 5) is 0. The zero-order valence-corrected chi connectivity index (χ0v) is 22.9. The molecule has 0 bridgehead atoms. The molecule has 0 heterocycles. The molecule has 0 spiro atoms. The van der Waals surface area contributed by atoms with E-state index in [0.717, 1.165) is 33.6 Å². The molecule has 4 N–H and O–H groups in total. The largest absolute Gasteiger partial charge is 0.398 e. The highest BCUT2D eigenvalue weighted by molar-refractivity contribution is 6.10. The van der Waals surface area contributed by atoms with Gasteiger partial charge in [-0.15, -0.1) is 0 Å². The van der Waals surface area contributed by atoms with Gasteiger partial charge in [0.1, 0.15) is 0 Å². The van der Waals surface area contributed by atoms with E-state index in [4.69, 9.17) is 11.5 Å². The summed E-state index contributed by atoms with van der Waals surface area (Å²) >= 11 is 0. The minimum Gasteiger partial charge on any atom is -0.398 e. The van der Waals surface area contributed by atoms with E-state index >= 15 is 0 Å². The highest BCUT2D eigenvalue weighted by Crippen LogP contribution is 2.58. The first-order valence-electron chi connectivity index (χ1n) is 13.6. The number of fused-ring (bicyclic) bond motifs is 6. The quantitative estimate of drug-likeness (QED) is 0.183. The van der Waals surface area contributed by atoms with Gasteiger partial charge in [-0.25, -0.2) is 0 Å². The van der Waals surface area contributed by atoms with Gasteiger partial charge in [-0.2, -0.15) is 0 Å². The van der Waals surface area contributed by atoms with E-state index < -0.39 is 5.41 Å². The van der Waals surface area contributed by atoms with Crippen LogP contribution in [0.5, 0.6) is 0 Å². The van der Waals surface area contributed by atoms with E-state index in [1.165, 1.54) is 54.9 Å². The van der Waals surface area contributed by atoms with Crippen molar-refractivity contribution in [2.75, 3.05) is 11.5 Å². The predicted octanol–water partition coefficient (Wildman–Crippen LogP) is 8.75. The SMILES string of the molecule is Cc1cc(C2(c3cc(C)c(N)c(C)c3)c3ccccc3-c3cc4c(ccc5ccccc54)cc32)cc(C)c1N. The van der Waals surface area contributed by atoms with Crippen LogP contribution in [0.2, 0.25) is 0 Å². The maximum absolute atomic E-state index is 6.50. The smallest absolute Gasteiger partial charge is 0.0714 e. The van der Waals surface area contributed by atoms with Gasteiger partial charge in [-0.05, 0) is 117 Å². The van der Waals surface area contributed by atoms with Crippen molar-refractivity contribution < 1.29 is 0 Å². The van der Waals surface area contributed by atoms with Crippen molar-refractivity contribution in [3.63, 3.8) is 0 Å². The molecular weight excluding hydrogens is 472 g/mol. The van der Waals surface area contributed by atoms with E-state index in [9.17, 15) is 0 Å². The number of hydrogen-bond donors (Lipinski definition) is 2. The zero-order chi connectivity index (χ0) is 27.1. The number of anilines is 2. The van der Waals surface area contributed by atoms with Crippen molar-refractivity contribution in [3.05, 3.63) is 142 Å². The first kappa shape index (κ1) is 23.5. The molecule has 7 rings (SSSR count). The van der Waals surface area contributed by atoms with Crippen LogP contribution in [0.25, 0.3) is 32.7 Å². The van der Waals surface area contributed by atoms with Crippen LogP contribution in [0.15, 0.2) is 97.1 Å². The normalized spacial score (nSPS) is 13.5. The average molecular weight is 505 g/mol. The third-order valence-corrected chi connectivity index (χ3v) is 8.96. The minimum atomic E-state index is -0.502. The number of nitrogens with two attached hydrogens (primary N) is 2. The van der Waals surface area contributed by atoms with Gasteiger partial charge < -0.3 is 11.5 Å². The molecule has 0 aromatic heterocycles. The molecule has 0 fully saturated rings. The summed E-state index contributed by atoms with van der Waals surface area (Å²) in [5.74, 6) is 0. The van der Waals surface area contributed by atoms with E-state index in [1.54, 1.807) is 0 Å². The lowest BCUT2D eigenvalue weighted by atomic mass is 9.66. The molecule has 0 amide bonds. The highest BCUT2D eigenvalue weighted by Gasteiger charge is 2.46. The molecule has 39 heavy (non-hydrogen) atoms. The van der Waals surface area contributed by atoms with Crippen molar-refractivity contribution in [3.8, 4) is 11.1 Å². The van der Waals surface area contributed by atoms with Crippen LogP contribution in [0, 0.1) is 27.7 Å². The van der Waals surface area contributed by atoms with Crippen LogP contribution in [0.4, 0.5) is 11.4 Å². The Kier molecular flexibility index (Phi) is 4.96. The standard InChI is InChI=1S/C37H32N2/c1-21-15-27(16-22(2)35(21)38)37(28-17-23(3)36(39)24(4)18-28)33-12-8-7-11-30(33)32-20-31-26(19-34(32)37)14-13-25-9-5-6-10-29(25)31/h5-20H,38-39H2,1-4H3. The second-order valence-corrected chi connectivity index (χ2v) is 11.2. The molecule has 1 aliphatic rings. The van der Waals surface area contributed by atoms with Crippen LogP contribution in [0.3, 0.4) is 0 Å². The molecular formula is C37H32N2. The summed E-state index contributed by atoms with van der Waals surface area (Å²) in [5.41, 5.74) is 26.3. The molecule has 0 unspecified atom stereocenters. The fourth-order valence-corrected chi connectivity index (χ4v) is 6.95. The molecule has 2 heteroatoms. The van der Waals surface area contributed by atoms with Crippen LogP contribution in [-0.4, -0.2) is 0 Å². The van der Waals surface area contributed by atoms with Crippen molar-refractivity contribution in [2.45, 2.75) is 33.1 Å². The average Bonchev–Trinajstić information content (AvgIpc) is 3.23. The second kappa shape index (κ2) is 8.22. The van der Waals surface area contributed by atoms with Gasteiger partial charge >= 0.3 is 0 Å². The molecule has 0 saturated carbocycles. The first-order chi connectivity index (χ1) is 18.8. The Morgan fingerprint density at radius 2 is 1.00 bits per heavy atom. The summed E-state index contributed by atoms with van der Waals surface area (Å²) in [6.45, 7) is 8.47. The zero-order valence-electron chi connectivity index (χ0n) is 22.9. The second-order valence-electron chi connectivity index (χ2n) is 11.2. The number of benzene rings is 6. The van der Waals surface area contributed by atoms with E-state index in [2.05, 4.69) is 125 Å². The monoisotopic (exact) mass is 504 g/mol. The Morgan fingerprint density at radius 3 is 1.64 bits per heavy atom. The third-order valence-electron chi connectivity index (χ3n) is 8.96. The molecule has 0 radical (unpaired) electrons. The molecule has 0 saturated heterocycles. The number of rotatable bonds is 2. The van der Waals surface area contributed by atoms with E-state index in [-0.39, 0.29) is 0 Å². The van der Waals surface area contributed by atoms with Crippen LogP contribution < -0.4 is 11.5 Å². The van der Waals surface area contributed by atoms with Crippen molar-refractivity contribution in [1.29, 1.82) is 0 Å². The molecule has 6 aromatic rings. The fraction of sp³-hybridized carbons (Fsp3) is 0.135. The summed E-state index contributed by atoms with van der Waals surface area (Å²) in [6, 6.07) is 36.1. The topological polar surface area (TPSA) is 52.0 Å². The lowest BCUT2D eigenvalue weighted by Crippen LogP contribution is -2.29. The maximum atomic E-state index is 6.50. The van der Waals surface area contributed by atoms with Gasteiger partial charge in [-0.3, -0.25) is 0 Å². The van der Waals surface area contributed by atoms with Gasteiger partial charge in [0.25, 0.3) is 0 Å². The maximum Gasteiger partial charge on any atom is 0.0714 e. The van der Waals surface area contributed by atoms with Gasteiger partial charge in [0.2, 0.25) is 0 Å². The van der Waals surface area contributed by atoms with Gasteiger partial charge in [0, 0.05) is 11.4 Å². The fourth-order valence-electron chi connectivity index (χ4n) is 6.95. The lowest BCUT2D eigenvalue weighted by molar-refractivity contribution is 0.765. The Hall–Kier alpha value is -4.56. The highest BCUT2D eigenvalue weighted by atomic mass is 14.6. The van der Waals surface area contributed by atoms with Crippen LogP contribution in [-0.2, 0) is 5.41 Å². The van der Waals surface area contributed by atoms with Crippen molar-refractivity contribution in [2.24, 2.45) is 0 Å². The molecule has 1 aliphatic carbocycles. The van der Waals surface area contributed by atoms with Gasteiger partial charge in [0.15, 0.2) is 0 Å². The Morgan fingerprint density at radius 1 is 0.462 bits per heavy atom. The summed E-state index contributed by atoms with van der Waals surface area (Å²) < 4.78 is 0. The third kappa shape index (κ3) is 3.15. The number of nitrogen functional groups attached to an aromatic ring is 2. The molecule has 0 aliphatic heterocycles. The van der Waals surface area contributed by atoms with Crippen LogP contribution >= 0.6 is 0 Å². The van der Waals surface area contributed by atoms with Gasteiger partial charge in [-0.1, -0.05) is 84.9 Å². The molecule has 0 atom stereocenters. The van der Waals surface area contributed by atoms with E-state index in [0.29, 0.717) is 0 Å². The first-order valence-corrected chi connectivity index (χ1v) is 13.6.